The van der Waals surface area contributed by atoms with Crippen LogP contribution in [0.1, 0.15) is 39.7 Å². The summed E-state index contributed by atoms with van der Waals surface area (Å²) in [6.45, 7) is 6.50. The molecular weight excluding hydrogens is 520 g/mol. The summed E-state index contributed by atoms with van der Waals surface area (Å²) in [4.78, 5) is 32.0. The van der Waals surface area contributed by atoms with Gasteiger partial charge in [0.15, 0.2) is 0 Å². The number of carboxylic acid groups (broad SMARTS) is 1. The van der Waals surface area contributed by atoms with E-state index < -0.39 is 6.09 Å². The highest BCUT2D eigenvalue weighted by molar-refractivity contribution is 6.33. The normalized spacial score (nSPS) is 17.8. The third kappa shape index (κ3) is 4.83. The van der Waals surface area contributed by atoms with Gasteiger partial charge in [0.05, 0.1) is 42.1 Å². The maximum Gasteiger partial charge on any atom is 0.407 e. The zero-order chi connectivity index (χ0) is 27.9. The van der Waals surface area contributed by atoms with Crippen molar-refractivity contribution in [2.75, 3.05) is 13.7 Å². The lowest BCUT2D eigenvalue weighted by Gasteiger charge is -2.47. The molecule has 0 spiro atoms. The average Bonchev–Trinajstić information content (AvgIpc) is 3.21. The van der Waals surface area contributed by atoms with Crippen molar-refractivity contribution in [3.63, 3.8) is 0 Å². The third-order valence-electron chi connectivity index (χ3n) is 7.21. The molecule has 1 N–H and O–H groups in total. The van der Waals surface area contributed by atoms with Gasteiger partial charge in [0.2, 0.25) is 0 Å². The van der Waals surface area contributed by atoms with E-state index in [2.05, 4.69) is 4.98 Å². The van der Waals surface area contributed by atoms with Crippen molar-refractivity contribution in [2.24, 2.45) is 5.41 Å². The molecule has 2 aromatic carbocycles. The van der Waals surface area contributed by atoms with E-state index in [-0.39, 0.29) is 23.2 Å². The largest absolute Gasteiger partial charge is 0.495 e. The smallest absolute Gasteiger partial charge is 0.407 e. The number of hydrogen-bond donors (Lipinski definition) is 1. The number of hydrogen-bond acceptors (Lipinski definition) is 5. The molecule has 1 fully saturated rings. The molecule has 9 nitrogen and oxygen atoms in total. The van der Waals surface area contributed by atoms with E-state index in [9.17, 15) is 14.7 Å². The van der Waals surface area contributed by atoms with E-state index >= 15 is 0 Å². The number of carbonyl (C=O) groups is 1. The lowest BCUT2D eigenvalue weighted by atomic mass is 9.77. The predicted molar refractivity (Wildman–Crippen MR) is 150 cm³/mol. The Morgan fingerprint density at radius 3 is 2.46 bits per heavy atom. The predicted octanol–water partition coefficient (Wildman–Crippen LogP) is 6.37. The van der Waals surface area contributed by atoms with Crippen molar-refractivity contribution < 1.29 is 19.4 Å². The Morgan fingerprint density at radius 1 is 1.08 bits per heavy atom. The van der Waals surface area contributed by atoms with Gasteiger partial charge in [-0.2, -0.15) is 0 Å². The van der Waals surface area contributed by atoms with Gasteiger partial charge in [-0.25, -0.2) is 9.59 Å². The van der Waals surface area contributed by atoms with Gasteiger partial charge in [-0.1, -0.05) is 38.4 Å². The molecule has 1 aliphatic rings. The molecule has 1 unspecified atom stereocenters. The van der Waals surface area contributed by atoms with Crippen LogP contribution in [0.3, 0.4) is 0 Å². The Morgan fingerprint density at radius 2 is 1.79 bits per heavy atom. The van der Waals surface area contributed by atoms with Crippen LogP contribution in [0.15, 0.2) is 65.7 Å². The number of fused-ring (bicyclic) bond motifs is 1. The van der Waals surface area contributed by atoms with Crippen LogP contribution in [0.4, 0.5) is 4.79 Å². The lowest BCUT2D eigenvalue weighted by molar-refractivity contribution is 0.0274. The van der Waals surface area contributed by atoms with E-state index in [1.165, 1.54) is 4.90 Å². The van der Waals surface area contributed by atoms with Gasteiger partial charge in [-0.05, 0) is 60.7 Å². The Balaban J connectivity index is 1.57. The zero-order valence-corrected chi connectivity index (χ0v) is 23.1. The Labute approximate surface area is 231 Å². The van der Waals surface area contributed by atoms with Gasteiger partial charge in [-0.3, -0.25) is 14.1 Å². The van der Waals surface area contributed by atoms with E-state index in [0.29, 0.717) is 58.4 Å². The number of ether oxygens (including phenoxy) is 2. The number of amides is 1. The standard InChI is InChI=1S/C29H31ClN4O5/c1-29(2,3)26-21(7-6-16-32(26)28(36)37)34-20-14-15-31-17-22(20)33(27(34)35)18-10-12-19(13-11-18)39-24-9-5-8-23(38-4)25(24)30/h5,8-15,17,21,26H,6-7,16H2,1-4H3,(H,36,37)/t21?,26-/m0/s1. The van der Waals surface area contributed by atoms with Crippen molar-refractivity contribution in [1.29, 1.82) is 0 Å². The number of imidazole rings is 1. The van der Waals surface area contributed by atoms with Gasteiger partial charge in [0.1, 0.15) is 22.3 Å². The van der Waals surface area contributed by atoms with Gasteiger partial charge in [0.25, 0.3) is 0 Å². The lowest BCUT2D eigenvalue weighted by Crippen LogP contribution is -2.55. The molecule has 1 amide bonds. The van der Waals surface area contributed by atoms with Crippen LogP contribution in [-0.2, 0) is 0 Å². The molecule has 1 aliphatic heterocycles. The summed E-state index contributed by atoms with van der Waals surface area (Å²) in [5.74, 6) is 1.51. The van der Waals surface area contributed by atoms with Crippen molar-refractivity contribution in [1.82, 2.24) is 19.0 Å². The molecule has 1 saturated heterocycles. The second kappa shape index (κ2) is 10.3. The highest BCUT2D eigenvalue weighted by Gasteiger charge is 2.44. The summed E-state index contributed by atoms with van der Waals surface area (Å²) in [5.41, 5.74) is 1.37. The molecule has 4 aromatic rings. The van der Waals surface area contributed by atoms with E-state index in [1.54, 1.807) is 71.1 Å². The summed E-state index contributed by atoms with van der Waals surface area (Å²) in [6, 6.07) is 13.5. The number of methoxy groups -OCH3 is 1. The minimum atomic E-state index is -0.968. The summed E-state index contributed by atoms with van der Waals surface area (Å²) in [6.07, 6.45) is 3.72. The second-order valence-corrected chi connectivity index (χ2v) is 11.1. The van der Waals surface area contributed by atoms with Gasteiger partial charge in [-0.15, -0.1) is 0 Å². The molecule has 5 rings (SSSR count). The molecule has 0 bridgehead atoms. The molecule has 0 saturated carbocycles. The van der Waals surface area contributed by atoms with Gasteiger partial charge < -0.3 is 19.5 Å². The Hall–Kier alpha value is -3.98. The first-order chi connectivity index (χ1) is 18.6. The SMILES string of the molecule is COc1cccc(Oc2ccc(-n3c(=O)n(C4CCCN(C(=O)O)[C@@H]4C(C)(C)C)c4ccncc43)cc2)c1Cl. The van der Waals surface area contributed by atoms with Crippen LogP contribution in [0.25, 0.3) is 16.7 Å². The summed E-state index contributed by atoms with van der Waals surface area (Å²) < 4.78 is 14.6. The first-order valence-electron chi connectivity index (χ1n) is 12.8. The van der Waals surface area contributed by atoms with Crippen molar-refractivity contribution >= 4 is 28.7 Å². The highest BCUT2D eigenvalue weighted by atomic mass is 35.5. The van der Waals surface area contributed by atoms with Crippen LogP contribution in [-0.4, -0.2) is 49.9 Å². The molecule has 3 heterocycles. The van der Waals surface area contributed by atoms with E-state index in [4.69, 9.17) is 21.1 Å². The number of halogens is 1. The van der Waals surface area contributed by atoms with Crippen LogP contribution >= 0.6 is 11.6 Å². The van der Waals surface area contributed by atoms with Crippen molar-refractivity contribution in [3.8, 4) is 22.9 Å². The average molecular weight is 551 g/mol. The molecular formula is C29H31ClN4O5. The summed E-state index contributed by atoms with van der Waals surface area (Å²) >= 11 is 6.38. The minimum Gasteiger partial charge on any atom is -0.495 e. The number of aromatic nitrogens is 3. The Kier molecular flexibility index (Phi) is 7.03. The first kappa shape index (κ1) is 26.6. The maximum atomic E-state index is 14.1. The summed E-state index contributed by atoms with van der Waals surface area (Å²) in [5, 5.41) is 10.3. The van der Waals surface area contributed by atoms with Crippen LogP contribution in [0.5, 0.6) is 17.2 Å². The van der Waals surface area contributed by atoms with Gasteiger partial charge in [0, 0.05) is 12.7 Å². The molecule has 10 heteroatoms. The topological polar surface area (TPSA) is 98.8 Å². The maximum absolute atomic E-state index is 14.1. The number of pyridine rings is 1. The third-order valence-corrected chi connectivity index (χ3v) is 7.58. The molecule has 0 radical (unpaired) electrons. The molecule has 0 aliphatic carbocycles. The number of piperidine rings is 1. The molecule has 204 valence electrons. The fraction of sp³-hybridized carbons (Fsp3) is 0.345. The van der Waals surface area contributed by atoms with Crippen LogP contribution in [0.2, 0.25) is 5.02 Å². The van der Waals surface area contributed by atoms with Crippen LogP contribution < -0.4 is 15.2 Å². The fourth-order valence-electron chi connectivity index (χ4n) is 5.66. The second-order valence-electron chi connectivity index (χ2n) is 10.7. The van der Waals surface area contributed by atoms with Gasteiger partial charge >= 0.3 is 11.8 Å². The minimum absolute atomic E-state index is 0.242. The molecule has 2 atom stereocenters. The number of likely N-dealkylation sites (tertiary alicyclic amines) is 1. The Bertz CT molecular complexity index is 1570. The van der Waals surface area contributed by atoms with Crippen molar-refractivity contribution in [3.05, 3.63) is 76.4 Å². The summed E-state index contributed by atoms with van der Waals surface area (Å²) in [7, 11) is 1.54. The molecule has 39 heavy (non-hydrogen) atoms. The fourth-order valence-corrected chi connectivity index (χ4v) is 5.90. The monoisotopic (exact) mass is 550 g/mol. The molecule has 2 aromatic heterocycles. The van der Waals surface area contributed by atoms with E-state index in [1.807, 2.05) is 26.8 Å². The number of rotatable bonds is 5. The van der Waals surface area contributed by atoms with Crippen molar-refractivity contribution in [2.45, 2.75) is 45.7 Å². The number of nitrogens with zero attached hydrogens (tertiary/aromatic N) is 4. The quantitative estimate of drug-likeness (QED) is 0.310. The van der Waals surface area contributed by atoms with Crippen LogP contribution in [0, 0.1) is 5.41 Å². The van der Waals surface area contributed by atoms with E-state index in [0.717, 1.165) is 0 Å². The zero-order valence-electron chi connectivity index (χ0n) is 22.3. The first-order valence-corrected chi connectivity index (χ1v) is 13.2. The number of benzene rings is 2. The highest BCUT2D eigenvalue weighted by Crippen LogP contribution is 2.40.